The Kier molecular flexibility index (Phi) is 8.02. The highest BCUT2D eigenvalue weighted by atomic mass is 16.5. The van der Waals surface area contributed by atoms with Crippen LogP contribution in [-0.4, -0.2) is 49.8 Å². The molecule has 0 aliphatic rings. The van der Waals surface area contributed by atoms with Gasteiger partial charge in [0.2, 0.25) is 0 Å². The van der Waals surface area contributed by atoms with Crippen LogP contribution in [0.25, 0.3) is 0 Å². The Morgan fingerprint density at radius 2 is 1.67 bits per heavy atom. The van der Waals surface area contributed by atoms with E-state index in [1.807, 2.05) is 0 Å². The summed E-state index contributed by atoms with van der Waals surface area (Å²) in [4.78, 5) is 2.37. The maximum absolute atomic E-state index is 5.56. The molecule has 0 saturated heterocycles. The van der Waals surface area contributed by atoms with Gasteiger partial charge >= 0.3 is 0 Å². The molecule has 1 N–H and O–H groups in total. The van der Waals surface area contributed by atoms with Crippen molar-refractivity contribution >= 4 is 0 Å². The van der Waals surface area contributed by atoms with Crippen molar-refractivity contribution in [2.75, 3.05) is 39.4 Å². The molecular weight excluding hydrogens is 188 g/mol. The predicted octanol–water partition coefficient (Wildman–Crippen LogP) is 1.73. The smallest absolute Gasteiger partial charge is 0.0594 e. The summed E-state index contributed by atoms with van der Waals surface area (Å²) in [6.45, 7) is 16.7. The Bertz CT molecular complexity index is 139. The van der Waals surface area contributed by atoms with Gasteiger partial charge < -0.3 is 15.0 Å². The molecule has 3 nitrogen and oxygen atoms in total. The van der Waals surface area contributed by atoms with Crippen molar-refractivity contribution in [1.29, 1.82) is 0 Å². The van der Waals surface area contributed by atoms with Gasteiger partial charge in [-0.1, -0.05) is 13.8 Å². The highest BCUT2D eigenvalue weighted by molar-refractivity contribution is 4.69. The molecule has 92 valence electrons. The first-order valence-electron chi connectivity index (χ1n) is 6.04. The third kappa shape index (κ3) is 10.2. The van der Waals surface area contributed by atoms with E-state index in [1.54, 1.807) is 0 Å². The van der Waals surface area contributed by atoms with E-state index in [0.29, 0.717) is 0 Å². The number of likely N-dealkylation sites (N-methyl/N-ethyl adjacent to an activating group) is 1. The molecular formula is C12H28N2O. The van der Waals surface area contributed by atoms with E-state index in [0.717, 1.165) is 39.4 Å². The highest BCUT2D eigenvalue weighted by Crippen LogP contribution is 1.96. The zero-order valence-corrected chi connectivity index (χ0v) is 11.1. The lowest BCUT2D eigenvalue weighted by Gasteiger charge is -2.21. The van der Waals surface area contributed by atoms with E-state index in [1.165, 1.54) is 0 Å². The van der Waals surface area contributed by atoms with E-state index in [9.17, 15) is 0 Å². The van der Waals surface area contributed by atoms with Crippen LogP contribution in [0, 0.1) is 0 Å². The molecule has 3 heteroatoms. The Morgan fingerprint density at radius 1 is 1.07 bits per heavy atom. The zero-order chi connectivity index (χ0) is 11.7. The monoisotopic (exact) mass is 216 g/mol. The SMILES string of the molecule is CCN(CC)CCOCCNC(C)(C)C. The maximum Gasteiger partial charge on any atom is 0.0594 e. The summed E-state index contributed by atoms with van der Waals surface area (Å²) in [5, 5.41) is 3.40. The fourth-order valence-electron chi connectivity index (χ4n) is 1.33. The van der Waals surface area contributed by atoms with Crippen LogP contribution in [0.5, 0.6) is 0 Å². The van der Waals surface area contributed by atoms with Gasteiger partial charge in [0, 0.05) is 18.6 Å². The fourth-order valence-corrected chi connectivity index (χ4v) is 1.33. The summed E-state index contributed by atoms with van der Waals surface area (Å²) in [6, 6.07) is 0. The summed E-state index contributed by atoms with van der Waals surface area (Å²) in [6.07, 6.45) is 0. The average Bonchev–Trinajstić information content (AvgIpc) is 2.15. The number of hydrogen-bond donors (Lipinski definition) is 1. The first-order chi connectivity index (χ1) is 6.99. The molecule has 0 radical (unpaired) electrons. The molecule has 0 heterocycles. The molecule has 15 heavy (non-hydrogen) atoms. The zero-order valence-electron chi connectivity index (χ0n) is 11.1. The molecule has 0 unspecified atom stereocenters. The molecule has 0 spiro atoms. The minimum atomic E-state index is 0.197. The summed E-state index contributed by atoms with van der Waals surface area (Å²) >= 11 is 0. The molecule has 0 saturated carbocycles. The van der Waals surface area contributed by atoms with E-state index in [4.69, 9.17) is 4.74 Å². The quantitative estimate of drug-likeness (QED) is 0.625. The minimum Gasteiger partial charge on any atom is -0.379 e. The van der Waals surface area contributed by atoms with Crippen LogP contribution in [0.2, 0.25) is 0 Å². The van der Waals surface area contributed by atoms with Gasteiger partial charge in [-0.25, -0.2) is 0 Å². The van der Waals surface area contributed by atoms with Crippen molar-refractivity contribution < 1.29 is 4.74 Å². The summed E-state index contributed by atoms with van der Waals surface area (Å²) in [5.41, 5.74) is 0.197. The van der Waals surface area contributed by atoms with Crippen molar-refractivity contribution in [3.63, 3.8) is 0 Å². The second-order valence-corrected chi connectivity index (χ2v) is 4.82. The largest absolute Gasteiger partial charge is 0.379 e. The first-order valence-corrected chi connectivity index (χ1v) is 6.04. The second kappa shape index (κ2) is 8.08. The molecule has 0 fully saturated rings. The topological polar surface area (TPSA) is 24.5 Å². The van der Waals surface area contributed by atoms with Gasteiger partial charge in [-0.15, -0.1) is 0 Å². The van der Waals surface area contributed by atoms with Crippen LogP contribution >= 0.6 is 0 Å². The molecule has 0 aromatic rings. The third-order valence-corrected chi connectivity index (χ3v) is 2.35. The van der Waals surface area contributed by atoms with Crippen molar-refractivity contribution in [2.24, 2.45) is 0 Å². The number of hydrogen-bond acceptors (Lipinski definition) is 3. The van der Waals surface area contributed by atoms with Crippen LogP contribution in [0.1, 0.15) is 34.6 Å². The van der Waals surface area contributed by atoms with Gasteiger partial charge in [0.25, 0.3) is 0 Å². The normalized spacial score (nSPS) is 12.4. The number of nitrogens with one attached hydrogen (secondary N) is 1. The molecule has 0 bridgehead atoms. The van der Waals surface area contributed by atoms with Crippen molar-refractivity contribution in [3.05, 3.63) is 0 Å². The molecule has 0 aliphatic carbocycles. The Labute approximate surface area is 95.2 Å². The summed E-state index contributed by atoms with van der Waals surface area (Å²) in [7, 11) is 0. The van der Waals surface area contributed by atoms with Crippen LogP contribution in [0.15, 0.2) is 0 Å². The van der Waals surface area contributed by atoms with Gasteiger partial charge in [-0.05, 0) is 33.9 Å². The number of nitrogens with zero attached hydrogens (tertiary/aromatic N) is 1. The van der Waals surface area contributed by atoms with E-state index < -0.39 is 0 Å². The van der Waals surface area contributed by atoms with Gasteiger partial charge in [0.15, 0.2) is 0 Å². The Balaban J connectivity index is 3.25. The average molecular weight is 216 g/mol. The molecule has 0 aliphatic heterocycles. The summed E-state index contributed by atoms with van der Waals surface area (Å²) < 4.78 is 5.56. The molecule has 0 amide bonds. The van der Waals surface area contributed by atoms with Gasteiger partial charge in [0.1, 0.15) is 0 Å². The molecule has 0 aromatic carbocycles. The fraction of sp³-hybridized carbons (Fsp3) is 1.00. The Morgan fingerprint density at radius 3 is 2.13 bits per heavy atom. The van der Waals surface area contributed by atoms with E-state index >= 15 is 0 Å². The van der Waals surface area contributed by atoms with Crippen LogP contribution < -0.4 is 5.32 Å². The van der Waals surface area contributed by atoms with E-state index in [-0.39, 0.29) is 5.54 Å². The van der Waals surface area contributed by atoms with Crippen LogP contribution in [0.4, 0.5) is 0 Å². The third-order valence-electron chi connectivity index (χ3n) is 2.35. The molecule has 0 rings (SSSR count). The van der Waals surface area contributed by atoms with Crippen LogP contribution in [0.3, 0.4) is 0 Å². The standard InChI is InChI=1S/C12H28N2O/c1-6-14(7-2)9-11-15-10-8-13-12(3,4)5/h13H,6-11H2,1-5H3. The summed E-state index contributed by atoms with van der Waals surface area (Å²) in [5.74, 6) is 0. The first kappa shape index (κ1) is 14.9. The lowest BCUT2D eigenvalue weighted by atomic mass is 10.1. The Hall–Kier alpha value is -0.120. The van der Waals surface area contributed by atoms with E-state index in [2.05, 4.69) is 44.8 Å². The van der Waals surface area contributed by atoms with Crippen LogP contribution in [-0.2, 0) is 4.74 Å². The maximum atomic E-state index is 5.56. The number of ether oxygens (including phenoxy) is 1. The number of rotatable bonds is 8. The molecule has 0 atom stereocenters. The second-order valence-electron chi connectivity index (χ2n) is 4.82. The lowest BCUT2D eigenvalue weighted by molar-refractivity contribution is 0.105. The molecule has 0 aromatic heterocycles. The van der Waals surface area contributed by atoms with Crippen molar-refractivity contribution in [1.82, 2.24) is 10.2 Å². The van der Waals surface area contributed by atoms with Gasteiger partial charge in [0.05, 0.1) is 13.2 Å². The van der Waals surface area contributed by atoms with Gasteiger partial charge in [-0.2, -0.15) is 0 Å². The lowest BCUT2D eigenvalue weighted by Crippen LogP contribution is -2.38. The van der Waals surface area contributed by atoms with Crippen molar-refractivity contribution in [3.8, 4) is 0 Å². The van der Waals surface area contributed by atoms with Gasteiger partial charge in [-0.3, -0.25) is 0 Å². The highest BCUT2D eigenvalue weighted by Gasteiger charge is 2.07. The van der Waals surface area contributed by atoms with Crippen molar-refractivity contribution in [2.45, 2.75) is 40.2 Å². The predicted molar refractivity (Wildman–Crippen MR) is 66.4 cm³/mol. The minimum absolute atomic E-state index is 0.197.